The first-order valence-electron chi connectivity index (χ1n) is 10.7. The number of rotatable bonds is 12. The van der Waals surface area contributed by atoms with E-state index in [1.165, 1.54) is 11.8 Å². The maximum absolute atomic E-state index is 10.0. The maximum Gasteiger partial charge on any atom is 0.132 e. The minimum absolute atomic E-state index is 0.159. The highest BCUT2D eigenvalue weighted by atomic mass is 32.2. The zero-order chi connectivity index (χ0) is 22.9. The zero-order valence-corrected chi connectivity index (χ0v) is 18.6. The van der Waals surface area contributed by atoms with Crippen LogP contribution in [-0.2, 0) is 22.6 Å². The van der Waals surface area contributed by atoms with Crippen LogP contribution in [0.25, 0.3) is 0 Å². The smallest absolute Gasteiger partial charge is 0.132 e. The molecule has 0 bridgehead atoms. The fourth-order valence-electron chi connectivity index (χ4n) is 3.39. The number of aromatic nitrogens is 3. The lowest BCUT2D eigenvalue weighted by atomic mass is 10.0. The Kier molecular flexibility index (Phi) is 9.88. The third-order valence-electron chi connectivity index (χ3n) is 5.26. The Bertz CT molecular complexity index is 796. The quantitative estimate of drug-likeness (QED) is 0.265. The lowest BCUT2D eigenvalue weighted by Crippen LogP contribution is -2.57. The molecule has 0 radical (unpaired) electrons. The van der Waals surface area contributed by atoms with Gasteiger partial charge >= 0.3 is 0 Å². The van der Waals surface area contributed by atoms with Gasteiger partial charge in [-0.3, -0.25) is 4.68 Å². The molecular weight excluding hydrogens is 436 g/mol. The van der Waals surface area contributed by atoms with E-state index in [-0.39, 0.29) is 6.04 Å². The Balaban J connectivity index is 1.29. The largest absolute Gasteiger partial charge is 0.394 e. The summed E-state index contributed by atoms with van der Waals surface area (Å²) in [5, 5.41) is 47.1. The molecule has 32 heavy (non-hydrogen) atoms. The van der Waals surface area contributed by atoms with Crippen LogP contribution >= 0.6 is 11.8 Å². The van der Waals surface area contributed by atoms with Gasteiger partial charge in [-0.05, 0) is 24.2 Å². The average molecular weight is 469 g/mol. The highest BCUT2D eigenvalue weighted by molar-refractivity contribution is 7.99. The predicted octanol–water partition coefficient (Wildman–Crippen LogP) is -0.192. The standard InChI is InChI=1S/C21H32N4O6S/c22-16(14-6-2-1-3-7-14)11-25-10-15(23-24-25)13-30-8-4-5-9-32-21-20(29)19(28)18(27)17(12-26)31-21/h1-3,6-7,10,16-21,26-29H,4-5,8-9,11-13,22H2. The molecule has 6 unspecified atom stereocenters. The summed E-state index contributed by atoms with van der Waals surface area (Å²) in [6.45, 7) is 1.02. The third-order valence-corrected chi connectivity index (χ3v) is 6.50. The molecule has 10 nitrogen and oxygen atoms in total. The van der Waals surface area contributed by atoms with E-state index in [4.69, 9.17) is 15.2 Å². The Morgan fingerprint density at radius 1 is 1.12 bits per heavy atom. The second kappa shape index (κ2) is 12.6. The van der Waals surface area contributed by atoms with E-state index in [2.05, 4.69) is 10.3 Å². The number of hydrogen-bond acceptors (Lipinski definition) is 10. The van der Waals surface area contributed by atoms with Crippen molar-refractivity contribution in [1.29, 1.82) is 0 Å². The van der Waals surface area contributed by atoms with Crippen LogP contribution in [0.2, 0.25) is 0 Å². The molecule has 178 valence electrons. The zero-order valence-electron chi connectivity index (χ0n) is 17.8. The normalized spacial score (nSPS) is 26.8. The molecule has 3 rings (SSSR count). The molecule has 6 atom stereocenters. The lowest BCUT2D eigenvalue weighted by molar-refractivity contribution is -0.205. The number of nitrogens with zero attached hydrogens (tertiary/aromatic N) is 3. The van der Waals surface area contributed by atoms with Crippen LogP contribution in [0, 0.1) is 0 Å². The molecule has 11 heteroatoms. The van der Waals surface area contributed by atoms with Gasteiger partial charge < -0.3 is 35.6 Å². The van der Waals surface area contributed by atoms with Gasteiger partial charge in [-0.1, -0.05) is 35.5 Å². The molecule has 0 saturated carbocycles. The van der Waals surface area contributed by atoms with Gasteiger partial charge in [0.2, 0.25) is 0 Å². The third kappa shape index (κ3) is 6.96. The van der Waals surface area contributed by atoms with Crippen molar-refractivity contribution in [3.05, 3.63) is 47.8 Å². The number of aliphatic hydroxyl groups excluding tert-OH is 4. The van der Waals surface area contributed by atoms with E-state index >= 15 is 0 Å². The Labute approximate surface area is 191 Å². The number of hydrogen-bond donors (Lipinski definition) is 5. The second-order valence-electron chi connectivity index (χ2n) is 7.78. The first kappa shape index (κ1) is 25.1. The van der Waals surface area contributed by atoms with Crippen LogP contribution in [0.3, 0.4) is 0 Å². The molecule has 0 amide bonds. The molecule has 1 fully saturated rings. The maximum atomic E-state index is 10.0. The fraction of sp³-hybridized carbons (Fsp3) is 0.619. The van der Waals surface area contributed by atoms with Gasteiger partial charge in [-0.25, -0.2) is 0 Å². The highest BCUT2D eigenvalue weighted by Gasteiger charge is 2.43. The first-order valence-corrected chi connectivity index (χ1v) is 11.7. The summed E-state index contributed by atoms with van der Waals surface area (Å²) in [6.07, 6.45) is -1.28. The van der Waals surface area contributed by atoms with Crippen LogP contribution < -0.4 is 5.73 Å². The van der Waals surface area contributed by atoms with Crippen LogP contribution in [0.1, 0.15) is 30.1 Å². The van der Waals surface area contributed by atoms with E-state index in [1.54, 1.807) is 4.68 Å². The number of aliphatic hydroxyl groups is 4. The Morgan fingerprint density at radius 2 is 1.91 bits per heavy atom. The number of thioether (sulfide) groups is 1. The van der Waals surface area contributed by atoms with Gasteiger partial charge in [0.05, 0.1) is 26.0 Å². The molecular formula is C21H32N4O6S. The van der Waals surface area contributed by atoms with E-state index < -0.39 is 36.5 Å². The lowest BCUT2D eigenvalue weighted by Gasteiger charge is -2.39. The molecule has 1 aliphatic rings. The second-order valence-corrected chi connectivity index (χ2v) is 8.98. The first-order chi connectivity index (χ1) is 15.5. The van der Waals surface area contributed by atoms with E-state index in [0.717, 1.165) is 24.1 Å². The summed E-state index contributed by atoms with van der Waals surface area (Å²) in [5.41, 5.74) is 7.30. The SMILES string of the molecule is NC(Cn1cc(COCCCCSC2OC(CO)C(O)C(O)C2O)nn1)c1ccccc1. The minimum Gasteiger partial charge on any atom is -0.394 e. The highest BCUT2D eigenvalue weighted by Crippen LogP contribution is 2.29. The molecule has 6 N–H and O–H groups in total. The fourth-order valence-corrected chi connectivity index (χ4v) is 4.57. The van der Waals surface area contributed by atoms with Gasteiger partial charge in [0.15, 0.2) is 0 Å². The summed E-state index contributed by atoms with van der Waals surface area (Å²) in [4.78, 5) is 0. The van der Waals surface area contributed by atoms with Crippen molar-refractivity contribution in [1.82, 2.24) is 15.0 Å². The van der Waals surface area contributed by atoms with Crippen LogP contribution in [0.4, 0.5) is 0 Å². The van der Waals surface area contributed by atoms with Crippen molar-refractivity contribution in [3.8, 4) is 0 Å². The van der Waals surface area contributed by atoms with Crippen molar-refractivity contribution in [3.63, 3.8) is 0 Å². The van der Waals surface area contributed by atoms with Gasteiger partial charge in [-0.2, -0.15) is 0 Å². The molecule has 1 aliphatic heterocycles. The minimum atomic E-state index is -1.34. The molecule has 1 aromatic carbocycles. The molecule has 0 spiro atoms. The predicted molar refractivity (Wildman–Crippen MR) is 119 cm³/mol. The Hall–Kier alpha value is -1.57. The monoisotopic (exact) mass is 468 g/mol. The average Bonchev–Trinajstić information content (AvgIpc) is 3.25. The summed E-state index contributed by atoms with van der Waals surface area (Å²) in [6, 6.07) is 9.68. The molecule has 0 aliphatic carbocycles. The number of ether oxygens (including phenoxy) is 2. The summed E-state index contributed by atoms with van der Waals surface area (Å²) >= 11 is 1.34. The molecule has 1 aromatic heterocycles. The molecule has 2 aromatic rings. The van der Waals surface area contributed by atoms with Crippen molar-refractivity contribution >= 4 is 11.8 Å². The van der Waals surface area contributed by atoms with E-state index in [1.807, 2.05) is 36.5 Å². The van der Waals surface area contributed by atoms with Gasteiger partial charge in [0.25, 0.3) is 0 Å². The van der Waals surface area contributed by atoms with Crippen LogP contribution in [0.15, 0.2) is 36.5 Å². The summed E-state index contributed by atoms with van der Waals surface area (Å²) in [5.74, 6) is 0.680. The number of benzene rings is 1. The van der Waals surface area contributed by atoms with Crippen molar-refractivity contribution in [2.24, 2.45) is 5.73 Å². The summed E-state index contributed by atoms with van der Waals surface area (Å²) < 4.78 is 12.8. The number of nitrogens with two attached hydrogens (primary N) is 1. The summed E-state index contributed by atoms with van der Waals surface area (Å²) in [7, 11) is 0. The van der Waals surface area contributed by atoms with Gasteiger partial charge in [0, 0.05) is 12.6 Å². The number of unbranched alkanes of at least 4 members (excludes halogenated alkanes) is 1. The topological polar surface area (TPSA) is 156 Å². The van der Waals surface area contributed by atoms with Crippen LogP contribution in [0.5, 0.6) is 0 Å². The van der Waals surface area contributed by atoms with Gasteiger partial charge in [0.1, 0.15) is 35.5 Å². The molecule has 2 heterocycles. The Morgan fingerprint density at radius 3 is 2.66 bits per heavy atom. The van der Waals surface area contributed by atoms with Crippen molar-refractivity contribution in [2.45, 2.75) is 61.9 Å². The van der Waals surface area contributed by atoms with Crippen molar-refractivity contribution < 1.29 is 29.9 Å². The van der Waals surface area contributed by atoms with Gasteiger partial charge in [-0.15, -0.1) is 16.9 Å². The van der Waals surface area contributed by atoms with E-state index in [0.29, 0.717) is 25.5 Å². The van der Waals surface area contributed by atoms with E-state index in [9.17, 15) is 20.4 Å². The van der Waals surface area contributed by atoms with Crippen LogP contribution in [-0.4, -0.2) is 84.2 Å². The molecule has 1 saturated heterocycles. The van der Waals surface area contributed by atoms with Crippen molar-refractivity contribution in [2.75, 3.05) is 19.0 Å².